The molecule has 1 aliphatic carbocycles. The summed E-state index contributed by atoms with van der Waals surface area (Å²) >= 11 is 5.94. The average Bonchev–Trinajstić information content (AvgIpc) is 2.88. The first-order valence-corrected chi connectivity index (χ1v) is 6.94. The molecule has 2 aromatic heterocycles. The van der Waals surface area contributed by atoms with E-state index in [1.807, 2.05) is 18.3 Å². The van der Waals surface area contributed by atoms with Crippen LogP contribution in [0.4, 0.5) is 5.82 Å². The lowest BCUT2D eigenvalue weighted by molar-refractivity contribution is 0.0681. The summed E-state index contributed by atoms with van der Waals surface area (Å²) in [4.78, 5) is 4.30. The molecule has 5 nitrogen and oxygen atoms in total. The molecule has 19 heavy (non-hydrogen) atoms. The molecule has 1 N–H and O–H groups in total. The standard InChI is InChI=1S/C13H17ClN4O/c1-19-10-6-4-9(5-7-10)15-12-11-3-2-8-18(11)17-13(14)16-12/h2-3,8-10H,4-7H2,1H3,(H,15,16,17). The van der Waals surface area contributed by atoms with Crippen molar-refractivity contribution in [2.24, 2.45) is 0 Å². The molecule has 2 heterocycles. The molecule has 1 fully saturated rings. The third-order valence-corrected chi connectivity index (χ3v) is 3.87. The molecule has 0 saturated heterocycles. The summed E-state index contributed by atoms with van der Waals surface area (Å²) in [5.41, 5.74) is 0.957. The van der Waals surface area contributed by atoms with Crippen LogP contribution in [0.15, 0.2) is 18.3 Å². The third kappa shape index (κ3) is 2.67. The number of hydrogen-bond acceptors (Lipinski definition) is 4. The number of anilines is 1. The smallest absolute Gasteiger partial charge is 0.243 e. The van der Waals surface area contributed by atoms with Gasteiger partial charge in [-0.2, -0.15) is 4.98 Å². The van der Waals surface area contributed by atoms with Gasteiger partial charge < -0.3 is 10.1 Å². The number of halogens is 1. The molecule has 0 unspecified atom stereocenters. The molecule has 0 spiro atoms. The van der Waals surface area contributed by atoms with Gasteiger partial charge in [-0.05, 0) is 49.4 Å². The number of aromatic nitrogens is 3. The van der Waals surface area contributed by atoms with Crippen LogP contribution >= 0.6 is 11.6 Å². The van der Waals surface area contributed by atoms with Gasteiger partial charge in [0.25, 0.3) is 0 Å². The second kappa shape index (κ2) is 5.35. The van der Waals surface area contributed by atoms with Crippen LogP contribution in [0.5, 0.6) is 0 Å². The fourth-order valence-electron chi connectivity index (χ4n) is 2.65. The van der Waals surface area contributed by atoms with E-state index in [4.69, 9.17) is 16.3 Å². The topological polar surface area (TPSA) is 51.5 Å². The van der Waals surface area contributed by atoms with Gasteiger partial charge in [-0.15, -0.1) is 5.10 Å². The van der Waals surface area contributed by atoms with Crippen molar-refractivity contribution in [3.8, 4) is 0 Å². The molecule has 0 amide bonds. The van der Waals surface area contributed by atoms with Crippen LogP contribution in [0, 0.1) is 0 Å². The number of methoxy groups -OCH3 is 1. The molecule has 2 aromatic rings. The number of nitrogens with one attached hydrogen (secondary N) is 1. The summed E-state index contributed by atoms with van der Waals surface area (Å²) in [7, 11) is 1.78. The van der Waals surface area contributed by atoms with Gasteiger partial charge >= 0.3 is 0 Å². The molecule has 0 aromatic carbocycles. The Morgan fingerprint density at radius 1 is 1.37 bits per heavy atom. The Morgan fingerprint density at radius 3 is 2.89 bits per heavy atom. The van der Waals surface area contributed by atoms with E-state index in [2.05, 4.69) is 15.4 Å². The maximum absolute atomic E-state index is 5.94. The maximum atomic E-state index is 5.94. The Kier molecular flexibility index (Phi) is 3.57. The van der Waals surface area contributed by atoms with Crippen LogP contribution in [0.25, 0.3) is 5.52 Å². The van der Waals surface area contributed by atoms with Gasteiger partial charge in [0.15, 0.2) is 5.82 Å². The number of hydrogen-bond donors (Lipinski definition) is 1. The van der Waals surface area contributed by atoms with Gasteiger partial charge in [-0.25, -0.2) is 4.52 Å². The van der Waals surface area contributed by atoms with E-state index in [1.54, 1.807) is 11.6 Å². The molecule has 0 aliphatic heterocycles. The van der Waals surface area contributed by atoms with Gasteiger partial charge in [-0.3, -0.25) is 0 Å². The zero-order chi connectivity index (χ0) is 13.2. The molecule has 0 atom stereocenters. The lowest BCUT2D eigenvalue weighted by Crippen LogP contribution is -2.29. The van der Waals surface area contributed by atoms with Crippen LogP contribution in [0.1, 0.15) is 25.7 Å². The van der Waals surface area contributed by atoms with E-state index >= 15 is 0 Å². The fraction of sp³-hybridized carbons (Fsp3) is 0.538. The predicted octanol–water partition coefficient (Wildman–Crippen LogP) is 2.75. The minimum Gasteiger partial charge on any atom is -0.381 e. The highest BCUT2D eigenvalue weighted by molar-refractivity contribution is 6.28. The van der Waals surface area contributed by atoms with E-state index in [1.165, 1.54) is 0 Å². The summed E-state index contributed by atoms with van der Waals surface area (Å²) in [5, 5.41) is 7.87. The van der Waals surface area contributed by atoms with Crippen molar-refractivity contribution in [1.82, 2.24) is 14.6 Å². The number of fused-ring (bicyclic) bond motifs is 1. The molecular formula is C13H17ClN4O. The van der Waals surface area contributed by atoms with E-state index < -0.39 is 0 Å². The quantitative estimate of drug-likeness (QED) is 0.939. The van der Waals surface area contributed by atoms with Crippen molar-refractivity contribution in [2.45, 2.75) is 37.8 Å². The van der Waals surface area contributed by atoms with E-state index in [0.29, 0.717) is 12.1 Å². The second-order valence-corrected chi connectivity index (χ2v) is 5.26. The zero-order valence-electron chi connectivity index (χ0n) is 10.8. The second-order valence-electron chi connectivity index (χ2n) is 4.92. The molecule has 1 saturated carbocycles. The SMILES string of the molecule is COC1CCC(Nc2nc(Cl)nn3cccc23)CC1. The summed E-state index contributed by atoms with van der Waals surface area (Å²) < 4.78 is 7.14. The first-order valence-electron chi connectivity index (χ1n) is 6.56. The molecule has 0 radical (unpaired) electrons. The number of rotatable bonds is 3. The number of ether oxygens (including phenoxy) is 1. The summed E-state index contributed by atoms with van der Waals surface area (Å²) in [5.74, 6) is 0.811. The van der Waals surface area contributed by atoms with E-state index in [-0.39, 0.29) is 5.28 Å². The van der Waals surface area contributed by atoms with Gasteiger partial charge in [0.1, 0.15) is 5.52 Å². The van der Waals surface area contributed by atoms with Crippen molar-refractivity contribution >= 4 is 22.9 Å². The Morgan fingerprint density at radius 2 is 2.16 bits per heavy atom. The predicted molar refractivity (Wildman–Crippen MR) is 74.7 cm³/mol. The van der Waals surface area contributed by atoms with Crippen LogP contribution in [-0.2, 0) is 4.74 Å². The lowest BCUT2D eigenvalue weighted by atomic mass is 9.93. The van der Waals surface area contributed by atoms with Crippen molar-refractivity contribution in [1.29, 1.82) is 0 Å². The Labute approximate surface area is 116 Å². The Balaban J connectivity index is 1.76. The lowest BCUT2D eigenvalue weighted by Gasteiger charge is -2.28. The molecule has 1 aliphatic rings. The highest BCUT2D eigenvalue weighted by Crippen LogP contribution is 2.25. The van der Waals surface area contributed by atoms with E-state index in [0.717, 1.165) is 37.0 Å². The van der Waals surface area contributed by atoms with Crippen molar-refractivity contribution in [3.63, 3.8) is 0 Å². The van der Waals surface area contributed by atoms with Crippen molar-refractivity contribution in [2.75, 3.05) is 12.4 Å². The van der Waals surface area contributed by atoms with Crippen LogP contribution in [0.3, 0.4) is 0 Å². The molecule has 6 heteroatoms. The first kappa shape index (κ1) is 12.7. The summed E-state index contributed by atoms with van der Waals surface area (Å²) in [6.45, 7) is 0. The highest BCUT2D eigenvalue weighted by Gasteiger charge is 2.21. The molecule has 0 bridgehead atoms. The van der Waals surface area contributed by atoms with Crippen molar-refractivity contribution in [3.05, 3.63) is 23.6 Å². The average molecular weight is 281 g/mol. The molecular weight excluding hydrogens is 264 g/mol. The maximum Gasteiger partial charge on any atom is 0.243 e. The monoisotopic (exact) mass is 280 g/mol. The highest BCUT2D eigenvalue weighted by atomic mass is 35.5. The van der Waals surface area contributed by atoms with E-state index in [9.17, 15) is 0 Å². The molecule has 3 rings (SSSR count). The Bertz CT molecular complexity index is 563. The number of nitrogens with zero attached hydrogens (tertiary/aromatic N) is 3. The largest absolute Gasteiger partial charge is 0.381 e. The first-order chi connectivity index (χ1) is 9.26. The minimum absolute atomic E-state index is 0.261. The summed E-state index contributed by atoms with van der Waals surface area (Å²) in [6.07, 6.45) is 6.63. The third-order valence-electron chi connectivity index (χ3n) is 3.71. The van der Waals surface area contributed by atoms with Crippen molar-refractivity contribution < 1.29 is 4.74 Å². The Hall–Kier alpha value is -1.33. The minimum atomic E-state index is 0.261. The van der Waals surface area contributed by atoms with Crippen LogP contribution < -0.4 is 5.32 Å². The van der Waals surface area contributed by atoms with Gasteiger partial charge in [0.05, 0.1) is 6.10 Å². The van der Waals surface area contributed by atoms with Gasteiger partial charge in [0, 0.05) is 19.3 Å². The van der Waals surface area contributed by atoms with Gasteiger partial charge in [-0.1, -0.05) is 0 Å². The van der Waals surface area contributed by atoms with Gasteiger partial charge in [0.2, 0.25) is 5.28 Å². The van der Waals surface area contributed by atoms with Crippen LogP contribution in [-0.4, -0.2) is 33.9 Å². The van der Waals surface area contributed by atoms with Crippen LogP contribution in [0.2, 0.25) is 5.28 Å². The normalized spacial score (nSPS) is 23.7. The zero-order valence-corrected chi connectivity index (χ0v) is 11.6. The fourth-order valence-corrected chi connectivity index (χ4v) is 2.82. The summed E-state index contributed by atoms with van der Waals surface area (Å²) in [6, 6.07) is 4.35. The molecule has 102 valence electrons.